The lowest BCUT2D eigenvalue weighted by Crippen LogP contribution is -2.57. The maximum atomic E-state index is 13.8. The molecule has 0 radical (unpaired) electrons. The Morgan fingerprint density at radius 3 is 2.16 bits per heavy atom. The number of alkyl carbamates (subject to hydrolysis) is 1. The summed E-state index contributed by atoms with van der Waals surface area (Å²) in [6.45, 7) is 7.16. The van der Waals surface area contributed by atoms with Crippen LogP contribution in [0.5, 0.6) is 0 Å². The summed E-state index contributed by atoms with van der Waals surface area (Å²) in [5.74, 6) is -1.38. The Hall–Kier alpha value is -4.24. The molecular weight excluding hydrogens is 558 g/mol. The fourth-order valence-corrected chi connectivity index (χ4v) is 5.10. The summed E-state index contributed by atoms with van der Waals surface area (Å²) in [4.78, 5) is 52.2. The fourth-order valence-electron chi connectivity index (χ4n) is 5.10. The molecule has 0 aliphatic carbocycles. The van der Waals surface area contributed by atoms with Crippen LogP contribution in [0.15, 0.2) is 72.8 Å². The first-order chi connectivity index (χ1) is 21.1. The molecule has 0 saturated heterocycles. The minimum Gasteiger partial charge on any atom is -0.445 e. The smallest absolute Gasteiger partial charge is 0.408 e. The van der Waals surface area contributed by atoms with E-state index in [0.717, 1.165) is 28.3 Å². The van der Waals surface area contributed by atoms with Crippen LogP contribution in [0.1, 0.15) is 64.5 Å². The number of aliphatic hydroxyl groups excluding tert-OH is 1. The van der Waals surface area contributed by atoms with Gasteiger partial charge in [-0.3, -0.25) is 14.4 Å². The second-order valence-electron chi connectivity index (χ2n) is 11.6. The molecule has 0 heterocycles. The number of nitrogens with one attached hydrogen (secondary N) is 3. The number of hydrogen-bond acceptors (Lipinski definition) is 6. The lowest BCUT2D eigenvalue weighted by molar-refractivity contribution is -0.133. The average molecular weight is 604 g/mol. The van der Waals surface area contributed by atoms with Gasteiger partial charge in [0, 0.05) is 6.42 Å². The highest BCUT2D eigenvalue weighted by molar-refractivity contribution is 5.93. The third kappa shape index (κ3) is 10.5. The number of hydrogen-bond donors (Lipinski definition) is 4. The summed E-state index contributed by atoms with van der Waals surface area (Å²) < 4.78 is 5.42. The Morgan fingerprint density at radius 2 is 1.48 bits per heavy atom. The Labute approximate surface area is 259 Å². The van der Waals surface area contributed by atoms with Gasteiger partial charge in [0.25, 0.3) is 0 Å². The highest BCUT2D eigenvalue weighted by atomic mass is 16.5. The summed E-state index contributed by atoms with van der Waals surface area (Å²) in [6, 6.07) is 20.0. The standard InChI is InChI=1S/C35H45N3O6/c1-5-6-19-29(33(41)37-30(20-23(2)3)32(40)24(4)39)36-34(42)31(38-35(43)44-22-25-13-8-7-9-14-25)21-27-17-12-16-26-15-10-11-18-28(26)27/h7-18,23,29-32,40H,5-6,19-22H2,1-4H3,(H,36,42)(H,37,41)(H,38,43)/t29-,30-,31-,32-/m0/s1. The molecule has 0 aliphatic rings. The predicted octanol–water partition coefficient (Wildman–Crippen LogP) is 4.83. The number of ether oxygens (including phenoxy) is 1. The number of rotatable bonds is 16. The van der Waals surface area contributed by atoms with E-state index in [0.29, 0.717) is 19.3 Å². The highest BCUT2D eigenvalue weighted by Gasteiger charge is 2.31. The van der Waals surface area contributed by atoms with Crippen LogP contribution in [0.3, 0.4) is 0 Å². The van der Waals surface area contributed by atoms with Gasteiger partial charge in [-0.05, 0) is 47.6 Å². The average Bonchev–Trinajstić information content (AvgIpc) is 3.01. The van der Waals surface area contributed by atoms with Gasteiger partial charge in [0.15, 0.2) is 5.78 Å². The zero-order valence-electron chi connectivity index (χ0n) is 26.0. The van der Waals surface area contributed by atoms with Crippen LogP contribution in [0, 0.1) is 5.92 Å². The van der Waals surface area contributed by atoms with Crippen molar-refractivity contribution >= 4 is 34.5 Å². The van der Waals surface area contributed by atoms with Crippen molar-refractivity contribution in [2.75, 3.05) is 0 Å². The Morgan fingerprint density at radius 1 is 0.818 bits per heavy atom. The first-order valence-corrected chi connectivity index (χ1v) is 15.3. The van der Waals surface area contributed by atoms with Crippen LogP contribution in [0.25, 0.3) is 10.8 Å². The molecule has 9 nitrogen and oxygen atoms in total. The van der Waals surface area contributed by atoms with Crippen molar-refractivity contribution in [2.45, 2.75) is 90.6 Å². The molecule has 0 unspecified atom stereocenters. The number of aliphatic hydroxyl groups is 1. The van der Waals surface area contributed by atoms with Crippen molar-refractivity contribution in [1.29, 1.82) is 0 Å². The van der Waals surface area contributed by atoms with Gasteiger partial charge in [0.1, 0.15) is 24.8 Å². The second kappa shape index (κ2) is 17.2. The van der Waals surface area contributed by atoms with Gasteiger partial charge in [-0.15, -0.1) is 0 Å². The predicted molar refractivity (Wildman–Crippen MR) is 171 cm³/mol. The molecule has 3 amide bonds. The van der Waals surface area contributed by atoms with Crippen molar-refractivity contribution < 1.29 is 29.0 Å². The molecule has 3 aromatic carbocycles. The number of fused-ring (bicyclic) bond motifs is 1. The number of benzene rings is 3. The molecule has 44 heavy (non-hydrogen) atoms. The fraction of sp³-hybridized carbons (Fsp3) is 0.429. The van der Waals surface area contributed by atoms with Crippen LogP contribution >= 0.6 is 0 Å². The quantitative estimate of drug-likeness (QED) is 0.185. The first kappa shape index (κ1) is 34.3. The van der Waals surface area contributed by atoms with Gasteiger partial charge in [-0.25, -0.2) is 4.79 Å². The van der Waals surface area contributed by atoms with Crippen molar-refractivity contribution in [2.24, 2.45) is 5.92 Å². The van der Waals surface area contributed by atoms with E-state index in [9.17, 15) is 24.3 Å². The highest BCUT2D eigenvalue weighted by Crippen LogP contribution is 2.20. The number of carbonyl (C=O) groups excluding carboxylic acids is 4. The van der Waals surface area contributed by atoms with E-state index in [1.54, 1.807) is 0 Å². The third-order valence-electron chi connectivity index (χ3n) is 7.46. The summed E-state index contributed by atoms with van der Waals surface area (Å²) >= 11 is 0. The number of unbranched alkanes of at least 4 members (excludes halogenated alkanes) is 1. The van der Waals surface area contributed by atoms with Gasteiger partial charge >= 0.3 is 6.09 Å². The molecule has 0 aromatic heterocycles. The van der Waals surface area contributed by atoms with Crippen LogP contribution < -0.4 is 16.0 Å². The number of ketones is 1. The zero-order valence-corrected chi connectivity index (χ0v) is 26.0. The third-order valence-corrected chi connectivity index (χ3v) is 7.46. The molecule has 0 fully saturated rings. The molecule has 0 bridgehead atoms. The largest absolute Gasteiger partial charge is 0.445 e. The lowest BCUT2D eigenvalue weighted by Gasteiger charge is -2.28. The van der Waals surface area contributed by atoms with Crippen molar-refractivity contribution in [3.8, 4) is 0 Å². The number of carbonyl (C=O) groups is 4. The van der Waals surface area contributed by atoms with E-state index in [4.69, 9.17) is 4.74 Å². The molecule has 0 saturated carbocycles. The van der Waals surface area contributed by atoms with Gasteiger partial charge in [0.2, 0.25) is 11.8 Å². The molecule has 0 spiro atoms. The minimum atomic E-state index is -1.36. The van der Waals surface area contributed by atoms with Gasteiger partial charge in [-0.2, -0.15) is 0 Å². The lowest BCUT2D eigenvalue weighted by atomic mass is 9.96. The summed E-state index contributed by atoms with van der Waals surface area (Å²) in [5, 5.41) is 20.8. The molecule has 3 aromatic rings. The summed E-state index contributed by atoms with van der Waals surface area (Å²) in [5.41, 5.74) is 1.65. The summed E-state index contributed by atoms with van der Waals surface area (Å²) in [7, 11) is 0. The SMILES string of the molecule is CCCC[C@H](NC(=O)[C@H](Cc1cccc2ccccc12)NC(=O)OCc1ccccc1)C(=O)N[C@@H](CC(C)C)[C@@H](O)C(C)=O. The van der Waals surface area contributed by atoms with Gasteiger partial charge in [0.05, 0.1) is 6.04 Å². The molecule has 9 heteroatoms. The molecule has 0 aliphatic heterocycles. The van der Waals surface area contributed by atoms with Crippen molar-refractivity contribution in [1.82, 2.24) is 16.0 Å². The summed E-state index contributed by atoms with van der Waals surface area (Å²) in [6.07, 6.45) is 0.221. The molecule has 4 atom stereocenters. The second-order valence-corrected chi connectivity index (χ2v) is 11.6. The van der Waals surface area contributed by atoms with Crippen LogP contribution in [-0.2, 0) is 32.1 Å². The van der Waals surface area contributed by atoms with Crippen molar-refractivity contribution in [3.05, 3.63) is 83.9 Å². The molecule has 3 rings (SSSR count). The van der Waals surface area contributed by atoms with E-state index in [2.05, 4.69) is 16.0 Å². The number of amides is 3. The van der Waals surface area contributed by atoms with Gasteiger partial charge in [-0.1, -0.05) is 106 Å². The van der Waals surface area contributed by atoms with Crippen LogP contribution in [0.4, 0.5) is 4.79 Å². The normalized spacial score (nSPS) is 13.9. The molecule has 236 valence electrons. The minimum absolute atomic E-state index is 0.0343. The first-order valence-electron chi connectivity index (χ1n) is 15.3. The molecule has 4 N–H and O–H groups in total. The topological polar surface area (TPSA) is 134 Å². The maximum absolute atomic E-state index is 13.8. The Kier molecular flexibility index (Phi) is 13.4. The van der Waals surface area contributed by atoms with Crippen molar-refractivity contribution in [3.63, 3.8) is 0 Å². The van der Waals surface area contributed by atoms with E-state index >= 15 is 0 Å². The maximum Gasteiger partial charge on any atom is 0.408 e. The zero-order chi connectivity index (χ0) is 32.1. The van der Waals surface area contributed by atoms with E-state index < -0.39 is 47.9 Å². The molecular formula is C35H45N3O6. The number of Topliss-reactive ketones (excluding diaryl/α,β-unsaturated/α-hetero) is 1. The Bertz CT molecular complexity index is 1390. The van der Waals surface area contributed by atoms with E-state index in [1.165, 1.54) is 6.92 Å². The van der Waals surface area contributed by atoms with Crippen LogP contribution in [0.2, 0.25) is 0 Å². The van der Waals surface area contributed by atoms with E-state index in [-0.39, 0.29) is 18.9 Å². The van der Waals surface area contributed by atoms with E-state index in [1.807, 2.05) is 93.6 Å². The monoisotopic (exact) mass is 603 g/mol. The van der Waals surface area contributed by atoms with Gasteiger partial charge < -0.3 is 25.8 Å². The van der Waals surface area contributed by atoms with Crippen LogP contribution in [-0.4, -0.2) is 53.0 Å². The Balaban J connectivity index is 1.83.